The van der Waals surface area contributed by atoms with Crippen LogP contribution in [0.15, 0.2) is 29.3 Å². The number of benzene rings is 1. The summed E-state index contributed by atoms with van der Waals surface area (Å²) in [4.78, 5) is 4.67. The maximum absolute atomic E-state index is 4.67. The highest BCUT2D eigenvalue weighted by Crippen LogP contribution is 2.23. The number of hydrogen-bond donors (Lipinski definition) is 1. The number of nitrogens with zero attached hydrogens (tertiary/aromatic N) is 2. The van der Waals surface area contributed by atoms with Crippen LogP contribution in [0.3, 0.4) is 0 Å². The van der Waals surface area contributed by atoms with Crippen molar-refractivity contribution in [2.75, 3.05) is 6.54 Å². The monoisotopic (exact) mass is 328 g/mol. The molecule has 0 spiro atoms. The molecule has 0 radical (unpaired) electrons. The summed E-state index contributed by atoms with van der Waals surface area (Å²) in [5.74, 6) is 0. The molecule has 1 aromatic rings. The van der Waals surface area contributed by atoms with Gasteiger partial charge in [-0.25, -0.2) is 4.58 Å². The maximum Gasteiger partial charge on any atom is 0.281 e. The Morgan fingerprint density at radius 3 is 2.25 bits per heavy atom. The molecule has 2 atom stereocenters. The topological polar surface area (TPSA) is 27.4 Å². The van der Waals surface area contributed by atoms with Crippen LogP contribution in [-0.4, -0.2) is 35.3 Å². The van der Waals surface area contributed by atoms with Crippen molar-refractivity contribution in [3.8, 4) is 0 Å². The Labute approximate surface area is 147 Å². The third-order valence-electron chi connectivity index (χ3n) is 4.17. The lowest BCUT2D eigenvalue weighted by atomic mass is 9.88. The van der Waals surface area contributed by atoms with Gasteiger partial charge in [0.2, 0.25) is 6.04 Å². The molecule has 1 aromatic carbocycles. The zero-order valence-electron chi connectivity index (χ0n) is 16.4. The first-order chi connectivity index (χ1) is 11.0. The van der Waals surface area contributed by atoms with E-state index in [2.05, 4.69) is 93.8 Å². The summed E-state index contributed by atoms with van der Waals surface area (Å²) in [5, 5.41) is 3.56. The third-order valence-corrected chi connectivity index (χ3v) is 4.17. The Morgan fingerprint density at radius 2 is 1.71 bits per heavy atom. The molecule has 0 aromatic heterocycles. The van der Waals surface area contributed by atoms with Crippen molar-refractivity contribution in [3.05, 3.63) is 35.4 Å². The van der Waals surface area contributed by atoms with Gasteiger partial charge in [0.15, 0.2) is 0 Å². The van der Waals surface area contributed by atoms with Gasteiger partial charge in [-0.05, 0) is 45.1 Å². The minimum absolute atomic E-state index is 0.144. The van der Waals surface area contributed by atoms with Crippen LogP contribution in [0.2, 0.25) is 0 Å². The van der Waals surface area contributed by atoms with E-state index in [0.29, 0.717) is 11.5 Å². The first-order valence-electron chi connectivity index (χ1n) is 9.03. The molecule has 0 bridgehead atoms. The minimum Gasteiger partial charge on any atom is -0.308 e. The fourth-order valence-electron chi connectivity index (χ4n) is 2.83. The van der Waals surface area contributed by atoms with Gasteiger partial charge in [-0.1, -0.05) is 50.0 Å². The normalized spacial score (nSPS) is 19.5. The van der Waals surface area contributed by atoms with E-state index in [1.165, 1.54) is 11.1 Å². The summed E-state index contributed by atoms with van der Waals surface area (Å²) < 4.78 is 2.23. The quantitative estimate of drug-likeness (QED) is 0.805. The Morgan fingerprint density at radius 1 is 1.08 bits per heavy atom. The van der Waals surface area contributed by atoms with E-state index in [1.54, 1.807) is 0 Å². The first-order valence-corrected chi connectivity index (χ1v) is 9.03. The molecule has 0 saturated carbocycles. The highest BCUT2D eigenvalue weighted by molar-refractivity contribution is 5.73. The minimum atomic E-state index is 0.144. The molecule has 1 N–H and O–H groups in total. The van der Waals surface area contributed by atoms with Crippen molar-refractivity contribution in [2.24, 2.45) is 10.4 Å². The van der Waals surface area contributed by atoms with Crippen molar-refractivity contribution in [1.29, 1.82) is 0 Å². The molecule has 3 nitrogen and oxygen atoms in total. The Hall–Kier alpha value is -1.48. The summed E-state index contributed by atoms with van der Waals surface area (Å²) in [6.07, 6.45) is 5.31. The molecule has 1 unspecified atom stereocenters. The van der Waals surface area contributed by atoms with E-state index in [0.717, 1.165) is 13.0 Å². The largest absolute Gasteiger partial charge is 0.308 e. The van der Waals surface area contributed by atoms with Gasteiger partial charge in [0.05, 0.1) is 0 Å². The fraction of sp³-hybridized carbons (Fsp3) is 0.619. The second-order valence-electron chi connectivity index (χ2n) is 9.26. The Kier molecular flexibility index (Phi) is 5.64. The van der Waals surface area contributed by atoms with E-state index in [1.807, 2.05) is 6.34 Å². The molecule has 0 saturated heterocycles. The van der Waals surface area contributed by atoms with Gasteiger partial charge < -0.3 is 5.32 Å². The average Bonchev–Trinajstić information content (AvgIpc) is 2.93. The van der Waals surface area contributed by atoms with Gasteiger partial charge in [0.25, 0.3) is 6.34 Å². The van der Waals surface area contributed by atoms with E-state index in [4.69, 9.17) is 0 Å². The van der Waals surface area contributed by atoms with Crippen LogP contribution in [0.1, 0.15) is 65.6 Å². The lowest BCUT2D eigenvalue weighted by Gasteiger charge is -2.22. The zero-order chi connectivity index (χ0) is 18.0. The Balaban J connectivity index is 1.99. The molecular formula is C21H34N3+. The van der Waals surface area contributed by atoms with Crippen molar-refractivity contribution in [3.63, 3.8) is 0 Å². The fourth-order valence-corrected chi connectivity index (χ4v) is 2.83. The molecule has 0 fully saturated rings. The van der Waals surface area contributed by atoms with Crippen LogP contribution in [0, 0.1) is 5.41 Å². The van der Waals surface area contributed by atoms with E-state index in [9.17, 15) is 0 Å². The third kappa shape index (κ3) is 5.86. The van der Waals surface area contributed by atoms with Crippen molar-refractivity contribution in [1.82, 2.24) is 5.32 Å². The van der Waals surface area contributed by atoms with Gasteiger partial charge in [0.1, 0.15) is 12.3 Å². The van der Waals surface area contributed by atoms with Crippen molar-refractivity contribution in [2.45, 2.75) is 72.5 Å². The first kappa shape index (κ1) is 18.9. The zero-order valence-corrected chi connectivity index (χ0v) is 16.4. The molecule has 2 rings (SSSR count). The molecule has 24 heavy (non-hydrogen) atoms. The molecule has 0 amide bonds. The SMILES string of the molecule is C[C@H](CNC(C)(C)C)[N+]1=CC(c2ccc(CC(C)(C)C)cc2)N=C1. The molecular weight excluding hydrogens is 294 g/mol. The molecule has 1 aliphatic rings. The predicted molar refractivity (Wildman–Crippen MR) is 104 cm³/mol. The van der Waals surface area contributed by atoms with Crippen LogP contribution in [-0.2, 0) is 6.42 Å². The summed E-state index contributed by atoms with van der Waals surface area (Å²) in [6, 6.07) is 9.49. The maximum atomic E-state index is 4.67. The predicted octanol–water partition coefficient (Wildman–Crippen LogP) is 4.22. The summed E-state index contributed by atoms with van der Waals surface area (Å²) >= 11 is 0. The second-order valence-corrected chi connectivity index (χ2v) is 9.26. The Bertz CT molecular complexity index is 597. The van der Waals surface area contributed by atoms with Gasteiger partial charge in [-0.15, -0.1) is 0 Å². The van der Waals surface area contributed by atoms with Crippen LogP contribution < -0.4 is 5.32 Å². The number of rotatable bonds is 5. The van der Waals surface area contributed by atoms with Crippen LogP contribution >= 0.6 is 0 Å². The van der Waals surface area contributed by atoms with Gasteiger partial charge >= 0.3 is 0 Å². The average molecular weight is 329 g/mol. The van der Waals surface area contributed by atoms with Crippen molar-refractivity contribution < 1.29 is 4.58 Å². The van der Waals surface area contributed by atoms with Crippen LogP contribution in [0.5, 0.6) is 0 Å². The molecule has 132 valence electrons. The highest BCUT2D eigenvalue weighted by atomic mass is 15.1. The molecule has 1 heterocycles. The summed E-state index contributed by atoms with van der Waals surface area (Å²) in [5.41, 5.74) is 3.13. The van der Waals surface area contributed by atoms with Crippen LogP contribution in [0.4, 0.5) is 0 Å². The van der Waals surface area contributed by atoms with Gasteiger partial charge in [0, 0.05) is 17.6 Å². The van der Waals surface area contributed by atoms with Crippen molar-refractivity contribution >= 4 is 12.6 Å². The summed E-state index contributed by atoms with van der Waals surface area (Å²) in [7, 11) is 0. The highest BCUT2D eigenvalue weighted by Gasteiger charge is 2.25. The van der Waals surface area contributed by atoms with Gasteiger partial charge in [-0.3, -0.25) is 0 Å². The molecule has 3 heteroatoms. The van der Waals surface area contributed by atoms with E-state index in [-0.39, 0.29) is 11.6 Å². The second kappa shape index (κ2) is 7.18. The summed E-state index contributed by atoms with van der Waals surface area (Å²) in [6.45, 7) is 16.6. The van der Waals surface area contributed by atoms with Gasteiger partial charge in [-0.2, -0.15) is 0 Å². The van der Waals surface area contributed by atoms with E-state index >= 15 is 0 Å². The number of nitrogens with one attached hydrogen (secondary N) is 1. The standard InChI is InChI=1S/C21H34N3/c1-16(13-23-21(5,6)7)24-14-19(22-15-24)18-10-8-17(9-11-18)12-20(2,3)4/h8-11,14-16,19,23H,12-13H2,1-7H3/q+1/t16-,19?/m1/s1. The van der Waals surface area contributed by atoms with Crippen LogP contribution in [0.25, 0.3) is 0 Å². The number of hydrogen-bond acceptors (Lipinski definition) is 2. The number of aliphatic imine (C=N–C) groups is 1. The lowest BCUT2D eigenvalue weighted by molar-refractivity contribution is -0.431. The molecule has 1 aliphatic heterocycles. The lowest BCUT2D eigenvalue weighted by Crippen LogP contribution is -2.43. The smallest absolute Gasteiger partial charge is 0.281 e. The molecule has 0 aliphatic carbocycles. The van der Waals surface area contributed by atoms with E-state index < -0.39 is 0 Å².